The first-order valence-electron chi connectivity index (χ1n) is 13.7. The van der Waals surface area contributed by atoms with Crippen LogP contribution < -0.4 is 9.64 Å². The number of aromatic nitrogens is 1. The van der Waals surface area contributed by atoms with Crippen molar-refractivity contribution >= 4 is 22.4 Å². The number of aromatic amines is 1. The van der Waals surface area contributed by atoms with E-state index < -0.39 is 5.41 Å². The summed E-state index contributed by atoms with van der Waals surface area (Å²) in [5, 5.41) is 19.4. The van der Waals surface area contributed by atoms with Crippen molar-refractivity contribution in [2.75, 3.05) is 44.9 Å². The van der Waals surface area contributed by atoms with Crippen LogP contribution in [0, 0.1) is 17.2 Å². The first-order valence-corrected chi connectivity index (χ1v) is 13.7. The van der Waals surface area contributed by atoms with Gasteiger partial charge in [0, 0.05) is 54.4 Å². The van der Waals surface area contributed by atoms with Gasteiger partial charge in [0.25, 0.3) is 0 Å². The van der Waals surface area contributed by atoms with Gasteiger partial charge in [-0.1, -0.05) is 32.1 Å². The fraction of sp³-hybridized carbons (Fsp3) is 0.438. The van der Waals surface area contributed by atoms with E-state index in [1.807, 2.05) is 18.2 Å². The summed E-state index contributed by atoms with van der Waals surface area (Å²) in [6.07, 6.45) is 3.69. The van der Waals surface area contributed by atoms with Crippen LogP contribution in [0.1, 0.15) is 72.3 Å². The second-order valence-corrected chi connectivity index (χ2v) is 11.3. The number of aliphatic hydroxyl groups excluding tert-OH is 1. The quantitative estimate of drug-likeness (QED) is 0.282. The van der Waals surface area contributed by atoms with Gasteiger partial charge in [0.05, 0.1) is 29.5 Å². The summed E-state index contributed by atoms with van der Waals surface area (Å²) in [6, 6.07) is 11.7. The molecule has 7 heteroatoms. The maximum Gasteiger partial charge on any atom is 0.195 e. The maximum atomic E-state index is 14.0. The average molecular weight is 528 g/mol. The third kappa shape index (κ3) is 4.95. The molecule has 2 heterocycles. The van der Waals surface area contributed by atoms with Gasteiger partial charge < -0.3 is 24.5 Å². The second kappa shape index (κ2) is 10.9. The predicted octanol–water partition coefficient (Wildman–Crippen LogP) is 5.48. The van der Waals surface area contributed by atoms with Crippen LogP contribution in [0.2, 0.25) is 0 Å². The van der Waals surface area contributed by atoms with Gasteiger partial charge in [0.1, 0.15) is 12.4 Å². The Balaban J connectivity index is 1.52. The van der Waals surface area contributed by atoms with E-state index in [0.29, 0.717) is 48.0 Å². The first kappa shape index (κ1) is 27.0. The number of methoxy groups -OCH3 is 1. The molecule has 0 saturated carbocycles. The Morgan fingerprint density at radius 1 is 1.23 bits per heavy atom. The fourth-order valence-electron chi connectivity index (χ4n) is 6.16. The highest BCUT2D eigenvalue weighted by Crippen LogP contribution is 2.47. The molecule has 2 N–H and O–H groups in total. The topological polar surface area (TPSA) is 98.6 Å². The van der Waals surface area contributed by atoms with Crippen LogP contribution in [0.15, 0.2) is 42.5 Å². The summed E-state index contributed by atoms with van der Waals surface area (Å²) in [5.41, 5.74) is 6.21. The zero-order chi connectivity index (χ0) is 27.7. The molecule has 1 saturated heterocycles. The largest absolute Gasteiger partial charge is 0.489 e. The lowest BCUT2D eigenvalue weighted by molar-refractivity contribution is 0.103. The summed E-state index contributed by atoms with van der Waals surface area (Å²) < 4.78 is 11.5. The zero-order valence-corrected chi connectivity index (χ0v) is 23.1. The number of ether oxygens (including phenoxy) is 2. The molecule has 5 rings (SSSR count). The van der Waals surface area contributed by atoms with Crippen molar-refractivity contribution in [3.8, 4) is 11.8 Å². The van der Waals surface area contributed by atoms with Gasteiger partial charge >= 0.3 is 0 Å². The minimum absolute atomic E-state index is 0.0282. The molecule has 1 aliphatic carbocycles. The number of nitrogens with one attached hydrogen (secondary N) is 1. The number of piperidine rings is 1. The molecule has 3 aromatic rings. The molecule has 7 nitrogen and oxygen atoms in total. The number of anilines is 1. The highest BCUT2D eigenvalue weighted by Gasteiger charge is 2.41. The lowest BCUT2D eigenvalue weighted by Crippen LogP contribution is -2.35. The number of fused-ring (bicyclic) bond motifs is 4. The Kier molecular flexibility index (Phi) is 7.53. The van der Waals surface area contributed by atoms with E-state index in [1.54, 1.807) is 13.2 Å². The molecule has 204 valence electrons. The number of aliphatic hydroxyl groups is 1. The highest BCUT2D eigenvalue weighted by atomic mass is 16.5. The Morgan fingerprint density at radius 3 is 2.69 bits per heavy atom. The molecule has 39 heavy (non-hydrogen) atoms. The minimum Gasteiger partial charge on any atom is -0.489 e. The van der Waals surface area contributed by atoms with E-state index >= 15 is 0 Å². The van der Waals surface area contributed by atoms with E-state index in [2.05, 4.69) is 42.4 Å². The molecule has 0 spiro atoms. The molecule has 2 aromatic carbocycles. The lowest BCUT2D eigenvalue weighted by atomic mass is 9.71. The second-order valence-electron chi connectivity index (χ2n) is 11.3. The van der Waals surface area contributed by atoms with E-state index in [4.69, 9.17) is 9.47 Å². The van der Waals surface area contributed by atoms with Crippen LogP contribution in [-0.4, -0.2) is 55.9 Å². The van der Waals surface area contributed by atoms with Gasteiger partial charge in [-0.25, -0.2) is 0 Å². The Hall–Kier alpha value is -3.60. The number of ketones is 1. The maximum absolute atomic E-state index is 14.0. The van der Waals surface area contributed by atoms with Crippen LogP contribution >= 0.6 is 0 Å². The molecular formula is C32H37N3O4. The molecule has 1 aromatic heterocycles. The van der Waals surface area contributed by atoms with E-state index in [-0.39, 0.29) is 12.4 Å². The fourth-order valence-corrected chi connectivity index (χ4v) is 6.16. The molecule has 1 aliphatic heterocycles. The monoisotopic (exact) mass is 527 g/mol. The summed E-state index contributed by atoms with van der Waals surface area (Å²) in [5.74, 6) is 1.23. The number of benzene rings is 2. The number of nitrogens with zero attached hydrogens (tertiary/aromatic N) is 2. The van der Waals surface area contributed by atoms with E-state index in [9.17, 15) is 15.2 Å². The van der Waals surface area contributed by atoms with Gasteiger partial charge in [-0.05, 0) is 61.4 Å². The van der Waals surface area contributed by atoms with Gasteiger partial charge in [0.15, 0.2) is 5.78 Å². The van der Waals surface area contributed by atoms with Crippen molar-refractivity contribution in [1.82, 2.24) is 4.98 Å². The molecule has 0 unspecified atom stereocenters. The summed E-state index contributed by atoms with van der Waals surface area (Å²) in [6.45, 7) is 11.2. The molecule has 2 aliphatic rings. The Bertz CT molecular complexity index is 1450. The third-order valence-corrected chi connectivity index (χ3v) is 8.34. The van der Waals surface area contributed by atoms with Crippen molar-refractivity contribution < 1.29 is 19.4 Å². The van der Waals surface area contributed by atoms with E-state index in [0.717, 1.165) is 65.8 Å². The van der Waals surface area contributed by atoms with Gasteiger partial charge in [-0.3, -0.25) is 4.79 Å². The molecule has 0 amide bonds. The Labute approximate surface area is 230 Å². The highest BCUT2D eigenvalue weighted by molar-refractivity contribution is 6.20. The number of rotatable bonds is 9. The summed E-state index contributed by atoms with van der Waals surface area (Å²) in [7, 11) is 1.65. The van der Waals surface area contributed by atoms with Crippen molar-refractivity contribution in [2.24, 2.45) is 5.92 Å². The average Bonchev–Trinajstić information content (AvgIpc) is 3.32. The van der Waals surface area contributed by atoms with Crippen LogP contribution in [0.5, 0.6) is 5.75 Å². The molecule has 0 bridgehead atoms. The van der Waals surface area contributed by atoms with Crippen LogP contribution in [-0.2, 0) is 10.2 Å². The first-order chi connectivity index (χ1) is 18.8. The smallest absolute Gasteiger partial charge is 0.195 e. The Morgan fingerprint density at radius 2 is 2.00 bits per heavy atom. The van der Waals surface area contributed by atoms with Crippen LogP contribution in [0.3, 0.4) is 0 Å². The van der Waals surface area contributed by atoms with Gasteiger partial charge in [-0.2, -0.15) is 5.26 Å². The van der Waals surface area contributed by atoms with Crippen LogP contribution in [0.25, 0.3) is 10.9 Å². The predicted molar refractivity (Wildman–Crippen MR) is 153 cm³/mol. The van der Waals surface area contributed by atoms with Crippen molar-refractivity contribution in [3.63, 3.8) is 0 Å². The zero-order valence-electron chi connectivity index (χ0n) is 23.1. The summed E-state index contributed by atoms with van der Waals surface area (Å²) >= 11 is 0. The number of nitriles is 1. The third-order valence-electron chi connectivity index (χ3n) is 8.34. The minimum atomic E-state index is -0.454. The SMILES string of the molecule is C=C(CCO)CC1CCN(c2cc3c(cc2OCCOC)C(=O)c2c([nH]c4cc(C#N)ccc24)C3(C)C)CC1. The number of hydrogen-bond acceptors (Lipinski definition) is 6. The molecular weight excluding hydrogens is 490 g/mol. The van der Waals surface area contributed by atoms with E-state index in [1.165, 1.54) is 0 Å². The summed E-state index contributed by atoms with van der Waals surface area (Å²) in [4.78, 5) is 19.8. The number of carbonyl (C=O) groups is 1. The number of carbonyl (C=O) groups excluding carboxylic acids is 1. The number of hydrogen-bond donors (Lipinski definition) is 2. The number of H-pyrrole nitrogens is 1. The van der Waals surface area contributed by atoms with Crippen LogP contribution in [0.4, 0.5) is 5.69 Å². The van der Waals surface area contributed by atoms with Crippen molar-refractivity contribution in [2.45, 2.75) is 44.9 Å². The van der Waals surface area contributed by atoms with Crippen molar-refractivity contribution in [1.29, 1.82) is 5.26 Å². The normalized spacial score (nSPS) is 16.6. The van der Waals surface area contributed by atoms with Gasteiger partial charge in [-0.15, -0.1) is 0 Å². The molecule has 0 atom stereocenters. The molecule has 0 radical (unpaired) electrons. The lowest BCUT2D eigenvalue weighted by Gasteiger charge is -2.38. The van der Waals surface area contributed by atoms with Gasteiger partial charge in [0.2, 0.25) is 0 Å². The van der Waals surface area contributed by atoms with Crippen molar-refractivity contribution in [3.05, 3.63) is 70.4 Å². The molecule has 1 fully saturated rings. The standard InChI is InChI=1S/C32H37N3O4/c1-20(9-12-36)15-21-7-10-35(11-8-21)27-18-25-24(17-28(27)39-14-13-38-4)30(37)29-23-6-5-22(19-33)16-26(23)34-31(29)32(25,2)3/h5-6,16-18,21,34,36H,1,7-15H2,2-4H3.